The first-order valence-corrected chi connectivity index (χ1v) is 5.71. The van der Waals surface area contributed by atoms with Crippen molar-refractivity contribution in [3.8, 4) is 5.75 Å². The summed E-state index contributed by atoms with van der Waals surface area (Å²) in [6, 6.07) is 5.57. The maximum Gasteiger partial charge on any atom is 0.338 e. The van der Waals surface area contributed by atoms with E-state index in [9.17, 15) is 4.79 Å². The molecule has 3 rings (SSSR count). The minimum absolute atomic E-state index is 0.224. The largest absolute Gasteiger partial charge is 0.490 e. The van der Waals surface area contributed by atoms with Gasteiger partial charge in [-0.25, -0.2) is 4.79 Å². The number of hydrogen-bond donors (Lipinski definition) is 0. The quantitative estimate of drug-likeness (QED) is 0.715. The lowest BCUT2D eigenvalue weighted by molar-refractivity contribution is 0.0532. The molecule has 1 aliphatic heterocycles. The molecule has 1 unspecified atom stereocenters. The van der Waals surface area contributed by atoms with Gasteiger partial charge in [-0.2, -0.15) is 0 Å². The Kier molecular flexibility index (Phi) is 2.13. The standard InChI is InChI=1S/C13H14O3/c1-8-2-5-12(8)16-10-3-4-11-9(6-10)7-15-13(11)14/h3-4,6,8,12H,2,5,7H2,1H3/t8-,12?/m0/s1. The van der Waals surface area contributed by atoms with Gasteiger partial charge in [-0.05, 0) is 37.0 Å². The van der Waals surface area contributed by atoms with Crippen molar-refractivity contribution in [3.05, 3.63) is 29.3 Å². The lowest BCUT2D eigenvalue weighted by Crippen LogP contribution is -2.34. The van der Waals surface area contributed by atoms with Crippen LogP contribution in [-0.4, -0.2) is 12.1 Å². The Morgan fingerprint density at radius 3 is 2.94 bits per heavy atom. The molecule has 0 N–H and O–H groups in total. The molecule has 0 radical (unpaired) electrons. The van der Waals surface area contributed by atoms with E-state index < -0.39 is 0 Å². The molecule has 3 heteroatoms. The lowest BCUT2D eigenvalue weighted by atomic mass is 9.83. The predicted molar refractivity (Wildman–Crippen MR) is 58.4 cm³/mol. The predicted octanol–water partition coefficient (Wildman–Crippen LogP) is 2.53. The molecule has 84 valence electrons. The van der Waals surface area contributed by atoms with Gasteiger partial charge in [0.2, 0.25) is 0 Å². The molecule has 0 aromatic heterocycles. The van der Waals surface area contributed by atoms with E-state index in [4.69, 9.17) is 9.47 Å². The van der Waals surface area contributed by atoms with Gasteiger partial charge in [0.05, 0.1) is 5.56 Å². The number of hydrogen-bond acceptors (Lipinski definition) is 3. The Labute approximate surface area is 94.4 Å². The van der Waals surface area contributed by atoms with Crippen molar-refractivity contribution in [1.29, 1.82) is 0 Å². The number of rotatable bonds is 2. The Bertz CT molecular complexity index is 439. The van der Waals surface area contributed by atoms with E-state index in [1.807, 2.05) is 12.1 Å². The fourth-order valence-corrected chi connectivity index (χ4v) is 2.17. The van der Waals surface area contributed by atoms with Crippen LogP contribution in [0.3, 0.4) is 0 Å². The average molecular weight is 218 g/mol. The second-order valence-electron chi connectivity index (χ2n) is 4.61. The summed E-state index contributed by atoms with van der Waals surface area (Å²) in [6.45, 7) is 2.58. The number of ether oxygens (including phenoxy) is 2. The molecule has 2 atom stereocenters. The maximum atomic E-state index is 11.3. The summed E-state index contributed by atoms with van der Waals surface area (Å²) < 4.78 is 10.8. The Morgan fingerprint density at radius 2 is 2.25 bits per heavy atom. The zero-order valence-corrected chi connectivity index (χ0v) is 9.23. The van der Waals surface area contributed by atoms with Crippen molar-refractivity contribution >= 4 is 5.97 Å². The van der Waals surface area contributed by atoms with Crippen LogP contribution in [0.4, 0.5) is 0 Å². The van der Waals surface area contributed by atoms with Crippen molar-refractivity contribution < 1.29 is 14.3 Å². The van der Waals surface area contributed by atoms with Crippen molar-refractivity contribution in [2.75, 3.05) is 0 Å². The molecule has 16 heavy (non-hydrogen) atoms. The highest BCUT2D eigenvalue weighted by Crippen LogP contribution is 2.32. The van der Waals surface area contributed by atoms with Gasteiger partial charge in [-0.15, -0.1) is 0 Å². The maximum absolute atomic E-state index is 11.3. The molecule has 1 aromatic carbocycles. The number of benzene rings is 1. The normalized spacial score (nSPS) is 26.9. The van der Waals surface area contributed by atoms with E-state index >= 15 is 0 Å². The zero-order chi connectivity index (χ0) is 11.1. The van der Waals surface area contributed by atoms with Crippen LogP contribution in [0, 0.1) is 5.92 Å². The minimum atomic E-state index is -0.224. The first-order valence-electron chi connectivity index (χ1n) is 5.71. The van der Waals surface area contributed by atoms with Gasteiger partial charge in [-0.3, -0.25) is 0 Å². The van der Waals surface area contributed by atoms with Gasteiger partial charge in [0.1, 0.15) is 18.5 Å². The summed E-state index contributed by atoms with van der Waals surface area (Å²) in [7, 11) is 0. The SMILES string of the molecule is C[C@H]1CCC1Oc1ccc2c(c1)COC2=O. The van der Waals surface area contributed by atoms with E-state index in [-0.39, 0.29) is 5.97 Å². The lowest BCUT2D eigenvalue weighted by Gasteiger charge is -2.34. The number of esters is 1. The van der Waals surface area contributed by atoms with Crippen LogP contribution in [0.25, 0.3) is 0 Å². The van der Waals surface area contributed by atoms with Crippen LogP contribution < -0.4 is 4.74 Å². The van der Waals surface area contributed by atoms with E-state index in [0.717, 1.165) is 17.7 Å². The highest BCUT2D eigenvalue weighted by Gasteiger charge is 2.29. The molecule has 0 amide bonds. The fourth-order valence-electron chi connectivity index (χ4n) is 2.17. The van der Waals surface area contributed by atoms with Gasteiger partial charge < -0.3 is 9.47 Å². The fraction of sp³-hybridized carbons (Fsp3) is 0.462. The summed E-state index contributed by atoms with van der Waals surface area (Å²) in [5.41, 5.74) is 1.61. The molecule has 0 bridgehead atoms. The van der Waals surface area contributed by atoms with Gasteiger partial charge in [0.15, 0.2) is 0 Å². The first-order chi connectivity index (χ1) is 7.74. The average Bonchev–Trinajstić information content (AvgIpc) is 2.66. The topological polar surface area (TPSA) is 35.5 Å². The molecular formula is C13H14O3. The molecular weight excluding hydrogens is 204 g/mol. The number of carbonyl (C=O) groups excluding carboxylic acids is 1. The smallest absolute Gasteiger partial charge is 0.338 e. The molecule has 0 saturated heterocycles. The molecule has 1 aromatic rings. The van der Waals surface area contributed by atoms with E-state index in [1.165, 1.54) is 6.42 Å². The van der Waals surface area contributed by atoms with Crippen LogP contribution in [0.15, 0.2) is 18.2 Å². The summed E-state index contributed by atoms with van der Waals surface area (Å²) in [4.78, 5) is 11.3. The Hall–Kier alpha value is -1.51. The van der Waals surface area contributed by atoms with Crippen molar-refractivity contribution in [1.82, 2.24) is 0 Å². The van der Waals surface area contributed by atoms with E-state index in [2.05, 4.69) is 6.92 Å². The molecule has 0 spiro atoms. The monoisotopic (exact) mass is 218 g/mol. The summed E-state index contributed by atoms with van der Waals surface area (Å²) in [5, 5.41) is 0. The second-order valence-corrected chi connectivity index (χ2v) is 4.61. The molecule has 1 fully saturated rings. The third-order valence-electron chi connectivity index (χ3n) is 3.48. The van der Waals surface area contributed by atoms with E-state index in [1.54, 1.807) is 6.07 Å². The molecule has 1 saturated carbocycles. The summed E-state index contributed by atoms with van der Waals surface area (Å²) >= 11 is 0. The Balaban J connectivity index is 1.79. The third kappa shape index (κ3) is 1.47. The molecule has 1 heterocycles. The first kappa shape index (κ1) is 9.70. The molecule has 1 aliphatic carbocycles. The van der Waals surface area contributed by atoms with Gasteiger partial charge >= 0.3 is 5.97 Å². The van der Waals surface area contributed by atoms with Crippen molar-refractivity contribution in [3.63, 3.8) is 0 Å². The molecule has 3 nitrogen and oxygen atoms in total. The van der Waals surface area contributed by atoms with Crippen LogP contribution >= 0.6 is 0 Å². The van der Waals surface area contributed by atoms with Crippen LogP contribution in [-0.2, 0) is 11.3 Å². The highest BCUT2D eigenvalue weighted by atomic mass is 16.5. The highest BCUT2D eigenvalue weighted by molar-refractivity contribution is 5.93. The molecule has 2 aliphatic rings. The van der Waals surface area contributed by atoms with Crippen LogP contribution in [0.5, 0.6) is 5.75 Å². The van der Waals surface area contributed by atoms with Crippen LogP contribution in [0.2, 0.25) is 0 Å². The minimum Gasteiger partial charge on any atom is -0.490 e. The number of carbonyl (C=O) groups is 1. The van der Waals surface area contributed by atoms with Gasteiger partial charge in [0.25, 0.3) is 0 Å². The van der Waals surface area contributed by atoms with Gasteiger partial charge in [-0.1, -0.05) is 6.92 Å². The van der Waals surface area contributed by atoms with Gasteiger partial charge in [0, 0.05) is 5.56 Å². The number of cyclic esters (lactones) is 1. The summed E-state index contributed by atoms with van der Waals surface area (Å²) in [5.74, 6) is 1.28. The van der Waals surface area contributed by atoms with Crippen molar-refractivity contribution in [2.45, 2.75) is 32.5 Å². The number of fused-ring (bicyclic) bond motifs is 1. The Morgan fingerprint density at radius 1 is 1.38 bits per heavy atom. The zero-order valence-electron chi connectivity index (χ0n) is 9.23. The summed E-state index contributed by atoms with van der Waals surface area (Å²) in [6.07, 6.45) is 2.72. The second kappa shape index (κ2) is 3.51. The third-order valence-corrected chi connectivity index (χ3v) is 3.48. The van der Waals surface area contributed by atoms with Crippen LogP contribution in [0.1, 0.15) is 35.7 Å². The van der Waals surface area contributed by atoms with E-state index in [0.29, 0.717) is 24.2 Å². The van der Waals surface area contributed by atoms with Crippen molar-refractivity contribution in [2.24, 2.45) is 5.92 Å².